The fourth-order valence-electron chi connectivity index (χ4n) is 10.3. The molecule has 0 N–H and O–H groups in total. The van der Waals surface area contributed by atoms with Crippen molar-refractivity contribution >= 4 is 43.6 Å². The molecule has 0 unspecified atom stereocenters. The first-order chi connectivity index (χ1) is 36.7. The molecule has 14 aromatic rings. The van der Waals surface area contributed by atoms with Crippen LogP contribution in [-0.4, -0.2) is 39.0 Å². The molecule has 0 saturated heterocycles. The number of nitrogens with zero attached hydrogens (tertiary/aromatic N) is 8. The summed E-state index contributed by atoms with van der Waals surface area (Å²) in [6.45, 7) is 0. The van der Waals surface area contributed by atoms with E-state index in [9.17, 15) is 0 Å². The van der Waals surface area contributed by atoms with Gasteiger partial charge in [-0.15, -0.1) is 0 Å². The van der Waals surface area contributed by atoms with Gasteiger partial charge in [-0.1, -0.05) is 170 Å². The van der Waals surface area contributed by atoms with Crippen molar-refractivity contribution in [2.24, 2.45) is 0 Å². The van der Waals surface area contributed by atoms with Gasteiger partial charge in [0.25, 0.3) is 0 Å². The zero-order valence-electron chi connectivity index (χ0n) is 39.8. The average Bonchev–Trinajstić information content (AvgIpc) is 4.02. The highest BCUT2D eigenvalue weighted by Crippen LogP contribution is 2.39. The van der Waals surface area contributed by atoms with Crippen LogP contribution >= 0.6 is 0 Å². The lowest BCUT2D eigenvalue weighted by Crippen LogP contribution is -2.00. The first-order valence-corrected chi connectivity index (χ1v) is 24.7. The third-order valence-corrected chi connectivity index (χ3v) is 13.8. The molecule has 0 aliphatic rings. The van der Waals surface area contributed by atoms with Crippen molar-refractivity contribution in [2.75, 3.05) is 0 Å². The van der Waals surface area contributed by atoms with Gasteiger partial charge >= 0.3 is 0 Å². The van der Waals surface area contributed by atoms with Gasteiger partial charge in [-0.05, 0) is 96.1 Å². The van der Waals surface area contributed by atoms with Gasteiger partial charge in [-0.3, -0.25) is 0 Å². The lowest BCUT2D eigenvalue weighted by Gasteiger charge is -2.11. The Morgan fingerprint density at radius 2 is 0.432 bits per heavy atom. The molecule has 0 radical (unpaired) electrons. The first kappa shape index (κ1) is 42.7. The summed E-state index contributed by atoms with van der Waals surface area (Å²) in [5.41, 5.74) is 14.5. The third kappa shape index (κ3) is 7.57. The first-order valence-electron chi connectivity index (χ1n) is 24.7. The van der Waals surface area contributed by atoms with Gasteiger partial charge in [0.05, 0.1) is 22.1 Å². The van der Waals surface area contributed by atoms with Gasteiger partial charge in [0.1, 0.15) is 0 Å². The van der Waals surface area contributed by atoms with E-state index in [4.69, 9.17) is 29.9 Å². The molecule has 0 amide bonds. The molecule has 8 nitrogen and oxygen atoms in total. The highest BCUT2D eigenvalue weighted by molar-refractivity contribution is 6.12. The Balaban J connectivity index is 0.814. The number of rotatable bonds is 9. The molecule has 0 aliphatic heterocycles. The SMILES string of the molecule is c1ccc(-c2nc(-c3ccccc3)nc(-c3ccc(-n4c5ccccc5c5cc(-c6ccc7c(c6)c6ccccc6n7-c6ccc(-c7nc(-c8ccccc8)nc(-c8ccccc8)n7)cc6)ccc54)cc3)n2)cc1. The van der Waals surface area contributed by atoms with Crippen molar-refractivity contribution in [3.05, 3.63) is 255 Å². The van der Waals surface area contributed by atoms with Gasteiger partial charge in [-0.25, -0.2) is 29.9 Å². The van der Waals surface area contributed by atoms with E-state index in [2.05, 4.69) is 143 Å². The average molecular weight is 947 g/mol. The Bertz CT molecular complexity index is 3980. The fourth-order valence-corrected chi connectivity index (χ4v) is 10.3. The standard InChI is InChI=1S/C66H42N8/c1-5-17-43(18-6-1)61-67-62(44-19-7-2-8-20-44)70-65(69-61)47-29-35-51(36-30-47)73-57-27-15-13-25-53(57)55-41-49(33-39-59(55)73)50-34-40-60-56(42-50)54-26-14-16-28-58(54)74(60)52-37-31-48(32-38-52)66-71-63(45-21-9-3-10-22-45)68-64(72-66)46-23-11-4-12-24-46/h1-42H. The number of hydrogen-bond acceptors (Lipinski definition) is 6. The second-order valence-corrected chi connectivity index (χ2v) is 18.3. The maximum absolute atomic E-state index is 4.98. The molecule has 14 rings (SSSR count). The minimum Gasteiger partial charge on any atom is -0.309 e. The van der Waals surface area contributed by atoms with E-state index in [0.29, 0.717) is 34.9 Å². The minimum atomic E-state index is 0.626. The summed E-state index contributed by atoms with van der Waals surface area (Å²) in [5, 5.41) is 4.76. The summed E-state index contributed by atoms with van der Waals surface area (Å²) < 4.78 is 4.70. The molecule has 4 heterocycles. The summed E-state index contributed by atoms with van der Waals surface area (Å²) in [5.74, 6) is 3.81. The highest BCUT2D eigenvalue weighted by atomic mass is 15.0. The normalized spacial score (nSPS) is 11.5. The number of aromatic nitrogens is 8. The largest absolute Gasteiger partial charge is 0.309 e. The maximum atomic E-state index is 4.98. The number of benzene rings is 10. The monoisotopic (exact) mass is 946 g/mol. The second kappa shape index (κ2) is 17.9. The van der Waals surface area contributed by atoms with Gasteiger partial charge in [0.2, 0.25) is 0 Å². The van der Waals surface area contributed by atoms with Crippen LogP contribution in [0, 0.1) is 0 Å². The molecule has 4 aromatic heterocycles. The van der Waals surface area contributed by atoms with Crippen molar-refractivity contribution in [2.45, 2.75) is 0 Å². The molecule has 10 aromatic carbocycles. The molecular weight excluding hydrogens is 905 g/mol. The van der Waals surface area contributed by atoms with Crippen LogP contribution in [0.3, 0.4) is 0 Å². The van der Waals surface area contributed by atoms with Crippen LogP contribution < -0.4 is 0 Å². The Kier molecular flexibility index (Phi) is 10.3. The fraction of sp³-hybridized carbons (Fsp3) is 0. The van der Waals surface area contributed by atoms with Crippen LogP contribution in [0.2, 0.25) is 0 Å². The predicted octanol–water partition coefficient (Wildman–Crippen LogP) is 15.9. The van der Waals surface area contributed by atoms with Crippen LogP contribution in [-0.2, 0) is 0 Å². The van der Waals surface area contributed by atoms with E-state index < -0.39 is 0 Å². The molecule has 346 valence electrons. The van der Waals surface area contributed by atoms with E-state index >= 15 is 0 Å². The van der Waals surface area contributed by atoms with Crippen LogP contribution in [0.5, 0.6) is 0 Å². The third-order valence-electron chi connectivity index (χ3n) is 13.8. The number of para-hydroxylation sites is 2. The van der Waals surface area contributed by atoms with Gasteiger partial charge in [0, 0.05) is 66.3 Å². The summed E-state index contributed by atoms with van der Waals surface area (Å²) >= 11 is 0. The smallest absolute Gasteiger partial charge is 0.164 e. The quantitative estimate of drug-likeness (QED) is 0.143. The highest BCUT2D eigenvalue weighted by Gasteiger charge is 2.19. The summed E-state index contributed by atoms with van der Waals surface area (Å²) in [7, 11) is 0. The zero-order valence-corrected chi connectivity index (χ0v) is 39.8. The van der Waals surface area contributed by atoms with Crippen LogP contribution in [0.25, 0.3) is 134 Å². The van der Waals surface area contributed by atoms with E-state index in [0.717, 1.165) is 77.9 Å². The van der Waals surface area contributed by atoms with Crippen LogP contribution in [0.4, 0.5) is 0 Å². The predicted molar refractivity (Wildman–Crippen MR) is 300 cm³/mol. The Morgan fingerprint density at radius 3 is 0.743 bits per heavy atom. The van der Waals surface area contributed by atoms with E-state index in [1.165, 1.54) is 21.5 Å². The molecule has 0 saturated carbocycles. The van der Waals surface area contributed by atoms with Crippen LogP contribution in [0.15, 0.2) is 255 Å². The molecule has 0 atom stereocenters. The van der Waals surface area contributed by atoms with Crippen molar-refractivity contribution < 1.29 is 0 Å². The van der Waals surface area contributed by atoms with E-state index in [-0.39, 0.29) is 0 Å². The lowest BCUT2D eigenvalue weighted by atomic mass is 10.0. The topological polar surface area (TPSA) is 87.2 Å². The van der Waals surface area contributed by atoms with Crippen molar-refractivity contribution in [1.82, 2.24) is 39.0 Å². The molecule has 74 heavy (non-hydrogen) atoms. The molecule has 8 heteroatoms. The summed E-state index contributed by atoms with van der Waals surface area (Å²) in [6, 6.07) is 88.5. The minimum absolute atomic E-state index is 0.626. The number of hydrogen-bond donors (Lipinski definition) is 0. The zero-order chi connectivity index (χ0) is 49.0. The van der Waals surface area contributed by atoms with Crippen molar-refractivity contribution in [3.63, 3.8) is 0 Å². The van der Waals surface area contributed by atoms with E-state index in [1.54, 1.807) is 0 Å². The molecular formula is C66H42N8. The summed E-state index contributed by atoms with van der Waals surface area (Å²) in [4.78, 5) is 29.7. The van der Waals surface area contributed by atoms with Crippen LogP contribution in [0.1, 0.15) is 0 Å². The van der Waals surface area contributed by atoms with Gasteiger partial charge < -0.3 is 9.13 Å². The Hall–Kier alpha value is -10.2. The Labute approximate surface area is 426 Å². The molecule has 0 spiro atoms. The van der Waals surface area contributed by atoms with E-state index in [1.807, 2.05) is 121 Å². The molecule has 0 fully saturated rings. The Morgan fingerprint density at radius 1 is 0.189 bits per heavy atom. The lowest BCUT2D eigenvalue weighted by molar-refractivity contribution is 1.07. The van der Waals surface area contributed by atoms with Crippen molar-refractivity contribution in [1.29, 1.82) is 0 Å². The van der Waals surface area contributed by atoms with Gasteiger partial charge in [0.15, 0.2) is 34.9 Å². The molecule has 0 aliphatic carbocycles. The van der Waals surface area contributed by atoms with Crippen molar-refractivity contribution in [3.8, 4) is 90.8 Å². The maximum Gasteiger partial charge on any atom is 0.164 e. The van der Waals surface area contributed by atoms with Gasteiger partial charge in [-0.2, -0.15) is 0 Å². The summed E-state index contributed by atoms with van der Waals surface area (Å²) in [6.07, 6.45) is 0. The number of fused-ring (bicyclic) bond motifs is 6. The molecule has 0 bridgehead atoms. The second-order valence-electron chi connectivity index (χ2n) is 18.3.